The van der Waals surface area contributed by atoms with Crippen molar-refractivity contribution in [1.82, 2.24) is 5.32 Å². The van der Waals surface area contributed by atoms with Crippen molar-refractivity contribution >= 4 is 11.9 Å². The van der Waals surface area contributed by atoms with Gasteiger partial charge in [-0.2, -0.15) is 0 Å². The fourth-order valence-electron chi connectivity index (χ4n) is 1.25. The van der Waals surface area contributed by atoms with E-state index in [9.17, 15) is 9.59 Å². The predicted octanol–water partition coefficient (Wildman–Crippen LogP) is 0.818. The molecule has 2 N–H and O–H groups in total. The second-order valence-corrected chi connectivity index (χ2v) is 3.28. The molecule has 0 heterocycles. The maximum absolute atomic E-state index is 11.6. The molecule has 0 fully saturated rings. The van der Waals surface area contributed by atoms with Crippen LogP contribution in [0.25, 0.3) is 0 Å². The standard InChI is InChI=1S/C11H13NO4/c1-7-3-4-9(16-2)8(5-7)11(15)12-6-10(13)14/h3-5H,6H2,1-2H3,(H,12,15)(H,13,14). The molecule has 0 unspecified atom stereocenters. The molecule has 0 radical (unpaired) electrons. The zero-order valence-electron chi connectivity index (χ0n) is 9.11. The Hall–Kier alpha value is -2.04. The minimum atomic E-state index is -1.08. The Labute approximate surface area is 93.0 Å². The van der Waals surface area contributed by atoms with Gasteiger partial charge in [-0.15, -0.1) is 0 Å². The van der Waals surface area contributed by atoms with Crippen LogP contribution in [0.4, 0.5) is 0 Å². The molecule has 0 aromatic heterocycles. The van der Waals surface area contributed by atoms with Crippen molar-refractivity contribution in [2.45, 2.75) is 6.92 Å². The molecule has 0 bridgehead atoms. The number of methoxy groups -OCH3 is 1. The van der Waals surface area contributed by atoms with E-state index in [0.29, 0.717) is 11.3 Å². The van der Waals surface area contributed by atoms with Gasteiger partial charge in [0.25, 0.3) is 5.91 Å². The number of carbonyl (C=O) groups is 2. The average Bonchev–Trinajstić information content (AvgIpc) is 2.25. The first kappa shape index (κ1) is 12.0. The number of carboxylic acids is 1. The molecule has 0 spiro atoms. The van der Waals surface area contributed by atoms with Crippen LogP contribution in [0.2, 0.25) is 0 Å². The first-order chi connectivity index (χ1) is 7.54. The predicted molar refractivity (Wildman–Crippen MR) is 57.7 cm³/mol. The highest BCUT2D eigenvalue weighted by atomic mass is 16.5. The van der Waals surface area contributed by atoms with Gasteiger partial charge in [0, 0.05) is 0 Å². The second kappa shape index (κ2) is 5.16. The lowest BCUT2D eigenvalue weighted by molar-refractivity contribution is -0.135. The Morgan fingerprint density at radius 2 is 2.12 bits per heavy atom. The maximum Gasteiger partial charge on any atom is 0.322 e. The van der Waals surface area contributed by atoms with Gasteiger partial charge in [0.05, 0.1) is 12.7 Å². The molecule has 0 aliphatic heterocycles. The summed E-state index contributed by atoms with van der Waals surface area (Å²) in [6.07, 6.45) is 0. The average molecular weight is 223 g/mol. The highest BCUT2D eigenvalue weighted by molar-refractivity contribution is 5.98. The van der Waals surface area contributed by atoms with E-state index in [1.807, 2.05) is 13.0 Å². The van der Waals surface area contributed by atoms with Crippen LogP contribution in [0.15, 0.2) is 18.2 Å². The van der Waals surface area contributed by atoms with Crippen molar-refractivity contribution < 1.29 is 19.4 Å². The Morgan fingerprint density at radius 3 is 2.69 bits per heavy atom. The van der Waals surface area contributed by atoms with Crippen LogP contribution in [0.3, 0.4) is 0 Å². The van der Waals surface area contributed by atoms with E-state index in [-0.39, 0.29) is 0 Å². The Bertz CT molecular complexity index is 414. The Balaban J connectivity index is 2.88. The Kier molecular flexibility index (Phi) is 3.88. The summed E-state index contributed by atoms with van der Waals surface area (Å²) in [6, 6.07) is 5.13. The summed E-state index contributed by atoms with van der Waals surface area (Å²) in [5, 5.41) is 10.7. The third-order valence-corrected chi connectivity index (χ3v) is 2.00. The first-order valence-corrected chi connectivity index (χ1v) is 4.69. The molecular formula is C11H13NO4. The number of nitrogens with one attached hydrogen (secondary N) is 1. The monoisotopic (exact) mass is 223 g/mol. The lowest BCUT2D eigenvalue weighted by atomic mass is 10.1. The molecule has 0 saturated heterocycles. The summed E-state index contributed by atoms with van der Waals surface area (Å²) in [6.45, 7) is 1.43. The van der Waals surface area contributed by atoms with Crippen molar-refractivity contribution in [2.75, 3.05) is 13.7 Å². The fraction of sp³-hybridized carbons (Fsp3) is 0.273. The molecule has 1 rings (SSSR count). The van der Waals surface area contributed by atoms with Gasteiger partial charge in [0.2, 0.25) is 0 Å². The SMILES string of the molecule is COc1ccc(C)cc1C(=O)NCC(=O)O. The van der Waals surface area contributed by atoms with E-state index in [1.54, 1.807) is 12.1 Å². The lowest BCUT2D eigenvalue weighted by Gasteiger charge is -2.08. The van der Waals surface area contributed by atoms with Gasteiger partial charge in [0.1, 0.15) is 12.3 Å². The number of amides is 1. The van der Waals surface area contributed by atoms with E-state index < -0.39 is 18.4 Å². The number of carbonyl (C=O) groups excluding carboxylic acids is 1. The van der Waals surface area contributed by atoms with Crippen LogP contribution in [0, 0.1) is 6.92 Å². The summed E-state index contributed by atoms with van der Waals surface area (Å²) in [5.41, 5.74) is 1.24. The third-order valence-electron chi connectivity index (χ3n) is 2.00. The van der Waals surface area contributed by atoms with Crippen LogP contribution in [-0.2, 0) is 4.79 Å². The van der Waals surface area contributed by atoms with Gasteiger partial charge >= 0.3 is 5.97 Å². The maximum atomic E-state index is 11.6. The molecule has 0 aliphatic carbocycles. The number of aryl methyl sites for hydroxylation is 1. The number of ether oxygens (including phenoxy) is 1. The largest absolute Gasteiger partial charge is 0.496 e. The highest BCUT2D eigenvalue weighted by Crippen LogP contribution is 2.19. The van der Waals surface area contributed by atoms with Crippen molar-refractivity contribution in [3.05, 3.63) is 29.3 Å². The van der Waals surface area contributed by atoms with E-state index >= 15 is 0 Å². The molecule has 0 aliphatic rings. The summed E-state index contributed by atoms with van der Waals surface area (Å²) in [7, 11) is 1.46. The van der Waals surface area contributed by atoms with Crippen molar-refractivity contribution in [3.63, 3.8) is 0 Å². The molecular weight excluding hydrogens is 210 g/mol. The van der Waals surface area contributed by atoms with Crippen LogP contribution in [-0.4, -0.2) is 30.6 Å². The van der Waals surface area contributed by atoms with Crippen LogP contribution >= 0.6 is 0 Å². The summed E-state index contributed by atoms with van der Waals surface area (Å²) in [5.74, 6) is -1.11. The molecule has 5 heteroatoms. The van der Waals surface area contributed by atoms with E-state index in [2.05, 4.69) is 5.32 Å². The normalized spacial score (nSPS) is 9.62. The van der Waals surface area contributed by atoms with E-state index in [4.69, 9.17) is 9.84 Å². The van der Waals surface area contributed by atoms with Gasteiger partial charge in [-0.25, -0.2) is 0 Å². The number of aliphatic carboxylic acids is 1. The molecule has 5 nitrogen and oxygen atoms in total. The minimum Gasteiger partial charge on any atom is -0.496 e. The van der Waals surface area contributed by atoms with Crippen molar-refractivity contribution in [3.8, 4) is 5.75 Å². The lowest BCUT2D eigenvalue weighted by Crippen LogP contribution is -2.29. The number of hydrogen-bond acceptors (Lipinski definition) is 3. The molecule has 86 valence electrons. The molecule has 1 amide bonds. The van der Waals surface area contributed by atoms with Crippen LogP contribution in [0.1, 0.15) is 15.9 Å². The zero-order valence-corrected chi connectivity index (χ0v) is 9.11. The van der Waals surface area contributed by atoms with Gasteiger partial charge in [-0.1, -0.05) is 11.6 Å². The number of carboxylic acid groups (broad SMARTS) is 1. The Morgan fingerprint density at radius 1 is 1.44 bits per heavy atom. The molecule has 1 aromatic rings. The molecule has 0 atom stereocenters. The van der Waals surface area contributed by atoms with E-state index in [0.717, 1.165) is 5.56 Å². The molecule has 16 heavy (non-hydrogen) atoms. The number of hydrogen-bond donors (Lipinski definition) is 2. The van der Waals surface area contributed by atoms with Gasteiger partial charge in [0.15, 0.2) is 0 Å². The third kappa shape index (κ3) is 2.98. The highest BCUT2D eigenvalue weighted by Gasteiger charge is 2.12. The van der Waals surface area contributed by atoms with Crippen molar-refractivity contribution in [1.29, 1.82) is 0 Å². The number of benzene rings is 1. The summed E-state index contributed by atoms with van der Waals surface area (Å²) < 4.78 is 5.02. The quantitative estimate of drug-likeness (QED) is 0.792. The van der Waals surface area contributed by atoms with Gasteiger partial charge in [-0.3, -0.25) is 9.59 Å². The topological polar surface area (TPSA) is 75.6 Å². The van der Waals surface area contributed by atoms with Gasteiger partial charge < -0.3 is 15.2 Å². The molecule has 0 saturated carbocycles. The minimum absolute atomic E-state index is 0.337. The van der Waals surface area contributed by atoms with Crippen LogP contribution < -0.4 is 10.1 Å². The van der Waals surface area contributed by atoms with Gasteiger partial charge in [-0.05, 0) is 19.1 Å². The summed E-state index contributed by atoms with van der Waals surface area (Å²) in [4.78, 5) is 21.9. The smallest absolute Gasteiger partial charge is 0.322 e. The van der Waals surface area contributed by atoms with Crippen LogP contribution in [0.5, 0.6) is 5.75 Å². The van der Waals surface area contributed by atoms with Crippen molar-refractivity contribution in [2.24, 2.45) is 0 Å². The fourth-order valence-corrected chi connectivity index (χ4v) is 1.25. The summed E-state index contributed by atoms with van der Waals surface area (Å²) >= 11 is 0. The molecule has 1 aromatic carbocycles. The zero-order chi connectivity index (χ0) is 12.1. The first-order valence-electron chi connectivity index (χ1n) is 4.69. The van der Waals surface area contributed by atoms with E-state index in [1.165, 1.54) is 7.11 Å². The second-order valence-electron chi connectivity index (χ2n) is 3.28. The number of rotatable bonds is 4.